The van der Waals surface area contributed by atoms with Crippen molar-refractivity contribution in [1.29, 1.82) is 0 Å². The van der Waals surface area contributed by atoms with Crippen LogP contribution >= 0.6 is 0 Å². The third-order valence-corrected chi connectivity index (χ3v) is 8.08. The quantitative estimate of drug-likeness (QED) is 0.472. The van der Waals surface area contributed by atoms with Crippen molar-refractivity contribution in [1.82, 2.24) is 4.98 Å². The molecule has 5 heteroatoms. The van der Waals surface area contributed by atoms with Gasteiger partial charge in [-0.05, 0) is 5.41 Å². The first-order valence-electron chi connectivity index (χ1n) is 9.08. The predicted molar refractivity (Wildman–Crippen MR) is 112 cm³/mol. The summed E-state index contributed by atoms with van der Waals surface area (Å²) in [6, 6.07) is 8.34. The molecule has 2 aromatic rings. The van der Waals surface area contributed by atoms with Crippen molar-refractivity contribution in [2.24, 2.45) is 0 Å². The number of fused-ring (bicyclic) bond motifs is 1. The molecular formula is C23H32Cl2NSiTi. The average Bonchev–Trinajstić information content (AvgIpc) is 3.04. The van der Waals surface area contributed by atoms with Gasteiger partial charge in [0.15, 0.2) is 0 Å². The molecule has 1 nitrogen and oxygen atoms in total. The van der Waals surface area contributed by atoms with Crippen LogP contribution in [0.1, 0.15) is 54.0 Å². The summed E-state index contributed by atoms with van der Waals surface area (Å²) in [6.07, 6.45) is 6.85. The zero-order valence-corrected chi connectivity index (χ0v) is 22.6. The van der Waals surface area contributed by atoms with Crippen LogP contribution in [0.2, 0.25) is 18.1 Å². The first kappa shape index (κ1) is 29.9. The van der Waals surface area contributed by atoms with Crippen molar-refractivity contribution in [2.75, 3.05) is 0 Å². The van der Waals surface area contributed by atoms with Crippen LogP contribution < -0.4 is 24.8 Å². The number of rotatable bonds is 1. The van der Waals surface area contributed by atoms with Gasteiger partial charge in [0.1, 0.15) is 0 Å². The average molecular weight is 469 g/mol. The molecule has 151 valence electrons. The molecule has 1 aromatic carbocycles. The molecule has 0 bridgehead atoms. The molecule has 1 N–H and O–H groups in total. The van der Waals surface area contributed by atoms with Crippen LogP contribution in [0.4, 0.5) is 0 Å². The third-order valence-electron chi connectivity index (χ3n) is 5.58. The van der Waals surface area contributed by atoms with Gasteiger partial charge in [-0.3, -0.25) is 6.08 Å². The van der Waals surface area contributed by atoms with Crippen molar-refractivity contribution in [2.45, 2.75) is 72.0 Å². The Morgan fingerprint density at radius 2 is 1.54 bits per heavy atom. The van der Waals surface area contributed by atoms with Gasteiger partial charge in [0, 0.05) is 8.80 Å². The van der Waals surface area contributed by atoms with Crippen molar-refractivity contribution in [3.63, 3.8) is 0 Å². The smallest absolute Gasteiger partial charge is 1.00 e. The van der Waals surface area contributed by atoms with E-state index in [9.17, 15) is 0 Å². The number of hydrogen-bond donors (Lipinski definition) is 1. The summed E-state index contributed by atoms with van der Waals surface area (Å²) in [4.78, 5) is 3.17. The number of H-pyrrole nitrogens is 1. The summed E-state index contributed by atoms with van der Waals surface area (Å²) < 4.78 is 0. The van der Waals surface area contributed by atoms with E-state index in [1.165, 1.54) is 27.6 Å². The minimum Gasteiger partial charge on any atom is -1.00 e. The Kier molecular flexibility index (Phi) is 12.0. The molecule has 0 amide bonds. The predicted octanol–water partition coefficient (Wildman–Crippen LogP) is 0.872. The molecule has 3 rings (SSSR count). The second-order valence-electron chi connectivity index (χ2n) is 8.55. The van der Waals surface area contributed by atoms with E-state index in [-0.39, 0.29) is 60.7 Å². The molecular weight excluding hydrogens is 437 g/mol. The summed E-state index contributed by atoms with van der Waals surface area (Å²) in [6.45, 7) is 20.3. The first-order valence-corrected chi connectivity index (χ1v) is 11.6. The van der Waals surface area contributed by atoms with E-state index in [4.69, 9.17) is 0 Å². The Bertz CT molecular complexity index is 830. The fraction of sp³-hybridized carbons (Fsp3) is 0.478. The number of para-hydroxylation sites is 1. The molecule has 1 aliphatic carbocycles. The second-order valence-corrected chi connectivity index (χ2v) is 11.5. The van der Waals surface area contributed by atoms with Gasteiger partial charge in [0.25, 0.3) is 0 Å². The maximum Gasteiger partial charge on any atom is 4.00 e. The Balaban J connectivity index is 0. The minimum absolute atomic E-state index is 0. The van der Waals surface area contributed by atoms with E-state index >= 15 is 0 Å². The van der Waals surface area contributed by atoms with Gasteiger partial charge in [-0.2, -0.15) is 16.5 Å². The normalized spacial score (nSPS) is 18.6. The van der Waals surface area contributed by atoms with E-state index in [1.54, 1.807) is 5.57 Å². The van der Waals surface area contributed by atoms with Crippen LogP contribution in [0.25, 0.3) is 10.9 Å². The van der Waals surface area contributed by atoms with Crippen LogP contribution in [0.15, 0.2) is 41.0 Å². The van der Waals surface area contributed by atoms with E-state index in [1.807, 2.05) is 6.07 Å². The zero-order valence-electron chi connectivity index (χ0n) is 18.6. The molecule has 0 fully saturated rings. The molecule has 0 spiro atoms. The molecule has 0 aliphatic heterocycles. The monoisotopic (exact) mass is 468 g/mol. The number of hydrogen-bond acceptors (Lipinski definition) is 0. The van der Waals surface area contributed by atoms with Gasteiger partial charge < -0.3 is 29.8 Å². The van der Waals surface area contributed by atoms with Crippen molar-refractivity contribution < 1.29 is 46.5 Å². The van der Waals surface area contributed by atoms with Gasteiger partial charge in [-0.25, -0.2) is 5.57 Å². The van der Waals surface area contributed by atoms with Gasteiger partial charge >= 0.3 is 21.7 Å². The van der Waals surface area contributed by atoms with E-state index in [2.05, 4.69) is 97.0 Å². The minimum atomic E-state index is -0.314. The second kappa shape index (κ2) is 11.2. The van der Waals surface area contributed by atoms with E-state index in [0.717, 1.165) is 0 Å². The maximum absolute atomic E-state index is 3.62. The Morgan fingerprint density at radius 1 is 1.00 bits per heavy atom. The van der Waals surface area contributed by atoms with Gasteiger partial charge in [-0.1, -0.05) is 71.8 Å². The number of benzene rings is 1. The van der Waals surface area contributed by atoms with Gasteiger partial charge in [-0.15, -0.1) is 36.3 Å². The van der Waals surface area contributed by atoms with Gasteiger partial charge in [0.05, 0.1) is 0 Å². The molecule has 0 saturated heterocycles. The Hall–Kier alpha value is -0.249. The first-order chi connectivity index (χ1) is 11.5. The summed E-state index contributed by atoms with van der Waals surface area (Å²) >= 11 is 0. The maximum atomic E-state index is 3.62. The van der Waals surface area contributed by atoms with Crippen LogP contribution in [0, 0.1) is 12.3 Å². The number of aromatic nitrogens is 1. The number of allylic oxidation sites excluding steroid dienone is 4. The van der Waals surface area contributed by atoms with E-state index < -0.39 is 0 Å². The van der Waals surface area contributed by atoms with Crippen molar-refractivity contribution in [3.8, 4) is 0 Å². The molecule has 1 aliphatic rings. The van der Waals surface area contributed by atoms with E-state index in [0.29, 0.717) is 5.04 Å². The van der Waals surface area contributed by atoms with Crippen molar-refractivity contribution in [3.05, 3.63) is 58.8 Å². The van der Waals surface area contributed by atoms with Crippen LogP contribution in [0.3, 0.4) is 0 Å². The molecule has 1 atom stereocenters. The molecule has 1 heterocycles. The summed E-state index contributed by atoms with van der Waals surface area (Å²) in [5.74, 6) is 0. The van der Waals surface area contributed by atoms with Crippen LogP contribution in [-0.2, 0) is 27.1 Å². The molecule has 1 radical (unpaired) electrons. The standard InChI is InChI=1S/C12H14N.C11H18Si.2ClH.Ti/c1-12(2,3)10-8-13-11-7-5-4-6-9(10)11;1-8-7-11(4,12(5)6)10(3)9(8)2;;;/h4-7,13H,1-3H3;1-6H3;2*1H;/q2*-1;;;+4/p-2. The summed E-state index contributed by atoms with van der Waals surface area (Å²) in [7, 11) is -0.314. The molecule has 1 unspecified atom stereocenters. The number of aromatic amines is 1. The Labute approximate surface area is 201 Å². The fourth-order valence-electron chi connectivity index (χ4n) is 3.32. The topological polar surface area (TPSA) is 15.8 Å². The van der Waals surface area contributed by atoms with Crippen molar-refractivity contribution >= 4 is 19.7 Å². The van der Waals surface area contributed by atoms with Crippen LogP contribution in [0.5, 0.6) is 0 Å². The largest absolute Gasteiger partial charge is 4.00 e. The molecule has 1 aromatic heterocycles. The SMILES string of the molecule is CC(C)(C)c1[c-][nH]c2ccccc12.CC1=[C-]C(C)([Si](C)C)C(C)=C1C.[Cl-].[Cl-].[Ti+4]. The van der Waals surface area contributed by atoms with Gasteiger partial charge in [0.2, 0.25) is 0 Å². The Morgan fingerprint density at radius 3 is 1.93 bits per heavy atom. The molecule has 28 heavy (non-hydrogen) atoms. The third kappa shape index (κ3) is 6.12. The fourth-order valence-corrected chi connectivity index (χ4v) is 4.69. The van der Waals surface area contributed by atoms with Crippen LogP contribution in [-0.4, -0.2) is 13.8 Å². The zero-order chi connectivity index (χ0) is 19.0. The number of nitrogens with one attached hydrogen (secondary N) is 1. The number of halogens is 2. The summed E-state index contributed by atoms with van der Waals surface area (Å²) in [5, 5.41) is 1.58. The molecule has 0 saturated carbocycles. The summed E-state index contributed by atoms with van der Waals surface area (Å²) in [5.41, 5.74) is 6.97.